The van der Waals surface area contributed by atoms with E-state index >= 15 is 0 Å². The number of Topliss-reactive ketones (excluding diaryl/α,β-unsaturated/α-hetero) is 2. The summed E-state index contributed by atoms with van der Waals surface area (Å²) in [5.41, 5.74) is -5.49. The van der Waals surface area contributed by atoms with E-state index in [2.05, 4.69) is 5.32 Å². The number of phenolic OH excluding ortho intramolecular Hbond substituents is 1. The number of aliphatic hydroxyl groups is 5. The molecule has 15 heteroatoms. The Morgan fingerprint density at radius 2 is 1.52 bits per heavy atom. The Morgan fingerprint density at radius 3 is 2.09 bits per heavy atom. The minimum atomic E-state index is -2.28. The van der Waals surface area contributed by atoms with Crippen molar-refractivity contribution in [2.45, 2.75) is 104 Å². The quantitative estimate of drug-likeness (QED) is 0.130. The maximum absolute atomic E-state index is 14.5. The number of allylic oxidation sites excluding steroid dienone is 5. The summed E-state index contributed by atoms with van der Waals surface area (Å²) in [4.78, 5) is 67.6. The number of hydrogen-bond acceptors (Lipinski definition) is 14. The molecule has 1 aromatic carbocycles. The van der Waals surface area contributed by atoms with E-state index in [1.54, 1.807) is 0 Å². The van der Waals surface area contributed by atoms with Gasteiger partial charge >= 0.3 is 11.9 Å². The van der Waals surface area contributed by atoms with Crippen molar-refractivity contribution >= 4 is 35.1 Å². The van der Waals surface area contributed by atoms with E-state index in [0.717, 1.165) is 19.9 Å². The van der Waals surface area contributed by atoms with Crippen molar-refractivity contribution in [2.24, 2.45) is 17.8 Å². The number of carbonyl (C=O) groups is 5. The molecule has 10 unspecified atom stereocenters. The first kappa shape index (κ1) is 42.1. The first-order valence-electron chi connectivity index (χ1n) is 17.4. The molecule has 1 fully saturated rings. The van der Waals surface area contributed by atoms with Crippen LogP contribution < -0.4 is 10.1 Å². The first-order chi connectivity index (χ1) is 24.9. The van der Waals surface area contributed by atoms with Crippen LogP contribution in [-0.2, 0) is 28.7 Å². The fourth-order valence-electron chi connectivity index (χ4n) is 7.55. The number of phenols is 1. The highest BCUT2D eigenvalue weighted by molar-refractivity contribution is 6.19. The van der Waals surface area contributed by atoms with Gasteiger partial charge in [-0.3, -0.25) is 24.0 Å². The molecule has 7 rings (SSSR count). The number of esters is 2. The Labute approximate surface area is 312 Å². The number of ether oxygens (including phenoxy) is 3. The minimum Gasteiger partial charge on any atom is -0.505 e. The van der Waals surface area contributed by atoms with Crippen molar-refractivity contribution in [3.63, 3.8) is 0 Å². The van der Waals surface area contributed by atoms with Crippen LogP contribution in [0, 0.1) is 24.7 Å². The second-order valence-electron chi connectivity index (χ2n) is 14.8. The van der Waals surface area contributed by atoms with Crippen LogP contribution in [0.25, 0.3) is 0 Å². The molecule has 10 atom stereocenters. The molecule has 1 saturated heterocycles. The number of rotatable bonds is 2. The third kappa shape index (κ3) is 7.38. The fourth-order valence-corrected chi connectivity index (χ4v) is 7.55. The average molecular weight is 756 g/mol. The molecule has 0 radical (unpaired) electrons. The molecule has 5 heterocycles. The molecule has 294 valence electrons. The van der Waals surface area contributed by atoms with Gasteiger partial charge in [-0.2, -0.15) is 0 Å². The van der Waals surface area contributed by atoms with Crippen molar-refractivity contribution in [3.8, 4) is 11.5 Å². The van der Waals surface area contributed by atoms with E-state index in [0.29, 0.717) is 0 Å². The number of methoxy groups -OCH3 is 1. The standard InChI is InChI=1S/C39H49NO14/c1-15-12-11-13-38(8,50)35-20(6)30(45)25(37(49)54-35)29(44)19(5)34(47)39(9,51)14-16(2)27(42)24-22-23(28(43)18(4)32(24)52-10)31(46)26(40-36(15)48)17(3)33(22)53-21(7)41/h11-14,19-20,24-25,29-30,34-35,44-47,50-51H,1-10H3,(H,40,48)/b13-11-,15-12+,16-14+. The number of nitrogens with one attached hydrogen (secondary N) is 1. The minimum absolute atomic E-state index is 0.0281. The van der Waals surface area contributed by atoms with E-state index in [1.165, 1.54) is 73.8 Å². The summed E-state index contributed by atoms with van der Waals surface area (Å²) in [5, 5.41) is 71.1. The topological polar surface area (TPSA) is 246 Å². The van der Waals surface area contributed by atoms with Gasteiger partial charge in [0, 0.05) is 41.0 Å². The Bertz CT molecular complexity index is 1900. The van der Waals surface area contributed by atoms with Gasteiger partial charge in [0.1, 0.15) is 40.7 Å². The SMILES string of the molecule is COC1=C(C)C(=O)c2c(O)c3c(C)c(OC(C)=O)c2C1C(=O)/C(C)=C/C(C)(O)C(O)C(C)C(O)C1C(=O)OC(C(C)C1O)C(C)(O)/C=C\C=C(/C)C(=O)N3. The van der Waals surface area contributed by atoms with Crippen LogP contribution in [0.2, 0.25) is 0 Å². The maximum Gasteiger partial charge on any atom is 0.314 e. The summed E-state index contributed by atoms with van der Waals surface area (Å²) in [7, 11) is 1.21. The lowest BCUT2D eigenvalue weighted by Crippen LogP contribution is -2.60. The van der Waals surface area contributed by atoms with Gasteiger partial charge < -0.3 is 50.2 Å². The molecule has 1 aliphatic carbocycles. The lowest BCUT2D eigenvalue weighted by molar-refractivity contribution is -0.211. The zero-order chi connectivity index (χ0) is 40.9. The van der Waals surface area contributed by atoms with Crippen LogP contribution in [0.3, 0.4) is 0 Å². The molecule has 6 aliphatic rings. The molecule has 5 aliphatic heterocycles. The number of benzene rings is 1. The van der Waals surface area contributed by atoms with Gasteiger partial charge in [-0.25, -0.2) is 0 Å². The molecule has 7 N–H and O–H groups in total. The molecule has 1 aromatic rings. The van der Waals surface area contributed by atoms with E-state index in [1.807, 2.05) is 0 Å². The molecular weight excluding hydrogens is 706 g/mol. The van der Waals surface area contributed by atoms with Gasteiger partial charge in [-0.15, -0.1) is 0 Å². The van der Waals surface area contributed by atoms with E-state index in [4.69, 9.17) is 14.2 Å². The van der Waals surface area contributed by atoms with Crippen LogP contribution in [-0.4, -0.2) is 103 Å². The van der Waals surface area contributed by atoms with Crippen molar-refractivity contribution in [2.75, 3.05) is 12.4 Å². The molecule has 54 heavy (non-hydrogen) atoms. The van der Waals surface area contributed by atoms with Crippen molar-refractivity contribution < 1.29 is 68.8 Å². The van der Waals surface area contributed by atoms with Crippen LogP contribution in [0.5, 0.6) is 11.5 Å². The molecule has 6 bridgehead atoms. The lowest BCUT2D eigenvalue weighted by atomic mass is 9.72. The van der Waals surface area contributed by atoms with Gasteiger partial charge in [0.05, 0.1) is 36.7 Å². The van der Waals surface area contributed by atoms with Crippen LogP contribution in [0.15, 0.2) is 46.8 Å². The highest BCUT2D eigenvalue weighted by Gasteiger charge is 2.54. The summed E-state index contributed by atoms with van der Waals surface area (Å²) in [6.07, 6.45) is -1.71. The number of ketones is 2. The molecule has 0 saturated carbocycles. The Hall–Kier alpha value is -4.67. The predicted molar refractivity (Wildman–Crippen MR) is 192 cm³/mol. The number of hydrogen-bond donors (Lipinski definition) is 7. The Balaban J connectivity index is 2.03. The van der Waals surface area contributed by atoms with Gasteiger partial charge in [0.2, 0.25) is 0 Å². The van der Waals surface area contributed by atoms with Gasteiger partial charge in [0.25, 0.3) is 5.91 Å². The van der Waals surface area contributed by atoms with Crippen LogP contribution >= 0.6 is 0 Å². The second kappa shape index (κ2) is 15.2. The summed E-state index contributed by atoms with van der Waals surface area (Å²) in [6, 6.07) is 0. The predicted octanol–water partition coefficient (Wildman–Crippen LogP) is 2.19. The number of aromatic hydroxyl groups is 1. The van der Waals surface area contributed by atoms with Gasteiger partial charge in [-0.05, 0) is 59.3 Å². The van der Waals surface area contributed by atoms with Crippen molar-refractivity contribution in [1.29, 1.82) is 0 Å². The number of amides is 1. The third-order valence-electron chi connectivity index (χ3n) is 10.7. The largest absolute Gasteiger partial charge is 0.505 e. The maximum atomic E-state index is 14.5. The van der Waals surface area contributed by atoms with Crippen molar-refractivity contribution in [3.05, 3.63) is 63.5 Å². The van der Waals surface area contributed by atoms with Crippen LogP contribution in [0.4, 0.5) is 5.69 Å². The number of aliphatic hydroxyl groups excluding tert-OH is 3. The monoisotopic (exact) mass is 755 g/mol. The highest BCUT2D eigenvalue weighted by Crippen LogP contribution is 2.51. The highest BCUT2D eigenvalue weighted by atomic mass is 16.6. The second-order valence-corrected chi connectivity index (χ2v) is 14.8. The van der Waals surface area contributed by atoms with Crippen LogP contribution in [0.1, 0.15) is 82.8 Å². The Morgan fingerprint density at radius 1 is 0.926 bits per heavy atom. The lowest BCUT2D eigenvalue weighted by Gasteiger charge is -2.45. The first-order valence-corrected chi connectivity index (χ1v) is 17.4. The molecule has 15 nitrogen and oxygen atoms in total. The average Bonchev–Trinajstić information content (AvgIpc) is 3.08. The zero-order valence-electron chi connectivity index (χ0n) is 31.9. The third-order valence-corrected chi connectivity index (χ3v) is 10.7. The van der Waals surface area contributed by atoms with Gasteiger partial charge in [0.15, 0.2) is 17.3 Å². The fraction of sp³-hybridized carbons (Fsp3) is 0.513. The zero-order valence-corrected chi connectivity index (χ0v) is 31.9. The molecule has 0 aromatic heterocycles. The smallest absolute Gasteiger partial charge is 0.314 e. The summed E-state index contributed by atoms with van der Waals surface area (Å²) < 4.78 is 16.7. The number of carbonyl (C=O) groups excluding carboxylic acids is 5. The molecular formula is C39H49NO14. The molecule has 1 amide bonds. The number of anilines is 1. The molecule has 0 spiro atoms. The Kier molecular flexibility index (Phi) is 11.9. The summed E-state index contributed by atoms with van der Waals surface area (Å²) in [5.74, 6) is -11.0. The normalized spacial score (nSPS) is 36.4. The summed E-state index contributed by atoms with van der Waals surface area (Å²) >= 11 is 0. The van der Waals surface area contributed by atoms with E-state index in [-0.39, 0.29) is 45.0 Å². The summed E-state index contributed by atoms with van der Waals surface area (Å²) in [6.45, 7) is 11.8. The van der Waals surface area contributed by atoms with E-state index < -0.39 is 100 Å². The van der Waals surface area contributed by atoms with Gasteiger partial charge in [-0.1, -0.05) is 26.0 Å². The van der Waals surface area contributed by atoms with E-state index in [9.17, 15) is 54.6 Å². The van der Waals surface area contributed by atoms with Crippen molar-refractivity contribution in [1.82, 2.24) is 0 Å².